The molecule has 1 heterocycles. The Balaban J connectivity index is 1.76. The first-order chi connectivity index (χ1) is 13.7. The highest BCUT2D eigenvalue weighted by Crippen LogP contribution is 2.19. The number of para-hydroxylation sites is 1. The van der Waals surface area contributed by atoms with Crippen LogP contribution < -0.4 is 10.6 Å². The predicted octanol–water partition coefficient (Wildman–Crippen LogP) is 2.19. The number of nitrogens with zero attached hydrogens (tertiary/aromatic N) is 2. The molecule has 156 valence electrons. The fraction of sp³-hybridized carbons (Fsp3) is 0.429. The lowest BCUT2D eigenvalue weighted by molar-refractivity contribution is -0.155. The van der Waals surface area contributed by atoms with Gasteiger partial charge in [-0.05, 0) is 51.8 Å². The average Bonchev–Trinajstić information content (AvgIpc) is 2.98. The second-order valence-electron chi connectivity index (χ2n) is 7.07. The summed E-state index contributed by atoms with van der Waals surface area (Å²) in [6.07, 6.45) is -0.886. The summed E-state index contributed by atoms with van der Waals surface area (Å²) in [5, 5.41) is 9.55. The minimum Gasteiger partial charge on any atom is -0.452 e. The molecule has 0 aliphatic heterocycles. The first-order valence-electron chi connectivity index (χ1n) is 9.51. The van der Waals surface area contributed by atoms with E-state index in [1.54, 1.807) is 4.68 Å². The molecule has 0 aliphatic rings. The number of nitrogens with one attached hydrogen (secondary N) is 2. The van der Waals surface area contributed by atoms with Crippen LogP contribution in [0.3, 0.4) is 0 Å². The molecular formula is C21H28N4O4. The highest BCUT2D eigenvalue weighted by molar-refractivity contribution is 5.96. The highest BCUT2D eigenvalue weighted by atomic mass is 16.5. The minimum absolute atomic E-state index is 0.104. The van der Waals surface area contributed by atoms with Crippen molar-refractivity contribution in [1.29, 1.82) is 0 Å². The zero-order valence-electron chi connectivity index (χ0n) is 17.5. The number of aryl methyl sites for hydroxylation is 5. The monoisotopic (exact) mass is 400 g/mol. The number of hydrogen-bond donors (Lipinski definition) is 2. The maximum absolute atomic E-state index is 12.1. The molecule has 0 spiro atoms. The van der Waals surface area contributed by atoms with Gasteiger partial charge in [-0.1, -0.05) is 18.2 Å². The molecule has 1 unspecified atom stereocenters. The number of benzene rings is 1. The standard InChI is InChI=1S/C21H28N4O4/c1-13-7-6-8-14(2)20(13)23-18(26)12-22-21(28)17(5)29-19(27)9-10-25-16(4)11-15(3)24-25/h6-8,11,17H,9-10,12H2,1-5H3,(H,22,28)(H,23,26). The van der Waals surface area contributed by atoms with E-state index in [9.17, 15) is 14.4 Å². The summed E-state index contributed by atoms with van der Waals surface area (Å²) in [6.45, 7) is 9.23. The van der Waals surface area contributed by atoms with Crippen molar-refractivity contribution in [3.05, 3.63) is 46.8 Å². The molecule has 0 bridgehead atoms. The SMILES string of the molecule is Cc1cc(C)n(CCC(=O)OC(C)C(=O)NCC(=O)Nc2c(C)cccc2C)n1. The first-order valence-corrected chi connectivity index (χ1v) is 9.51. The van der Waals surface area contributed by atoms with Gasteiger partial charge in [0.15, 0.2) is 6.10 Å². The van der Waals surface area contributed by atoms with Crippen LogP contribution in [0.5, 0.6) is 0 Å². The molecule has 29 heavy (non-hydrogen) atoms. The fourth-order valence-corrected chi connectivity index (χ4v) is 2.91. The Morgan fingerprint density at radius 3 is 2.38 bits per heavy atom. The van der Waals surface area contributed by atoms with Gasteiger partial charge in [-0.3, -0.25) is 19.1 Å². The van der Waals surface area contributed by atoms with Crippen molar-refractivity contribution in [2.75, 3.05) is 11.9 Å². The summed E-state index contributed by atoms with van der Waals surface area (Å²) in [6, 6.07) is 7.63. The van der Waals surface area contributed by atoms with Crippen molar-refractivity contribution in [1.82, 2.24) is 15.1 Å². The van der Waals surface area contributed by atoms with Gasteiger partial charge >= 0.3 is 5.97 Å². The summed E-state index contributed by atoms with van der Waals surface area (Å²) >= 11 is 0. The van der Waals surface area contributed by atoms with Crippen LogP contribution in [0.2, 0.25) is 0 Å². The fourth-order valence-electron chi connectivity index (χ4n) is 2.91. The van der Waals surface area contributed by atoms with Crippen molar-refractivity contribution in [2.45, 2.75) is 53.7 Å². The molecule has 0 radical (unpaired) electrons. The molecule has 0 aliphatic carbocycles. The lowest BCUT2D eigenvalue weighted by Gasteiger charge is -2.15. The van der Waals surface area contributed by atoms with E-state index in [4.69, 9.17) is 4.74 Å². The molecule has 0 fully saturated rings. The minimum atomic E-state index is -0.990. The number of esters is 1. The van der Waals surface area contributed by atoms with Gasteiger partial charge in [-0.2, -0.15) is 5.10 Å². The van der Waals surface area contributed by atoms with Crippen LogP contribution in [-0.2, 0) is 25.7 Å². The largest absolute Gasteiger partial charge is 0.452 e. The van der Waals surface area contributed by atoms with E-state index >= 15 is 0 Å². The maximum atomic E-state index is 12.1. The number of hydrogen-bond acceptors (Lipinski definition) is 5. The lowest BCUT2D eigenvalue weighted by atomic mass is 10.1. The van der Waals surface area contributed by atoms with Crippen LogP contribution in [0.15, 0.2) is 24.3 Å². The average molecular weight is 400 g/mol. The Labute approximate surface area is 170 Å². The molecule has 2 rings (SSSR count). The Morgan fingerprint density at radius 1 is 1.14 bits per heavy atom. The Morgan fingerprint density at radius 2 is 1.79 bits per heavy atom. The topological polar surface area (TPSA) is 102 Å². The normalized spacial score (nSPS) is 11.6. The second kappa shape index (κ2) is 9.86. The van der Waals surface area contributed by atoms with Gasteiger partial charge in [0.1, 0.15) is 0 Å². The van der Waals surface area contributed by atoms with Crippen LogP contribution in [0.4, 0.5) is 5.69 Å². The molecule has 1 aromatic heterocycles. The predicted molar refractivity (Wildman–Crippen MR) is 109 cm³/mol. The number of carbonyl (C=O) groups is 3. The molecule has 8 nitrogen and oxygen atoms in total. The van der Waals surface area contributed by atoms with Crippen LogP contribution in [-0.4, -0.2) is 40.2 Å². The van der Waals surface area contributed by atoms with Gasteiger partial charge in [0.25, 0.3) is 5.91 Å². The summed E-state index contributed by atoms with van der Waals surface area (Å²) in [7, 11) is 0. The molecular weight excluding hydrogens is 372 g/mol. The smallest absolute Gasteiger partial charge is 0.308 e. The molecule has 8 heteroatoms. The number of amides is 2. The van der Waals surface area contributed by atoms with E-state index in [-0.39, 0.29) is 18.9 Å². The van der Waals surface area contributed by atoms with Crippen molar-refractivity contribution in [2.24, 2.45) is 0 Å². The van der Waals surface area contributed by atoms with Gasteiger partial charge in [-0.25, -0.2) is 0 Å². The molecule has 2 amide bonds. The molecule has 2 aromatic rings. The molecule has 2 N–H and O–H groups in total. The molecule has 0 saturated carbocycles. The summed E-state index contributed by atoms with van der Waals surface area (Å²) in [5.74, 6) is -1.37. The Hall–Kier alpha value is -3.16. The van der Waals surface area contributed by atoms with E-state index in [0.29, 0.717) is 6.54 Å². The van der Waals surface area contributed by atoms with Crippen LogP contribution >= 0.6 is 0 Å². The maximum Gasteiger partial charge on any atom is 0.308 e. The Bertz CT molecular complexity index is 884. The van der Waals surface area contributed by atoms with E-state index in [2.05, 4.69) is 15.7 Å². The van der Waals surface area contributed by atoms with Crippen molar-refractivity contribution < 1.29 is 19.1 Å². The number of anilines is 1. The quantitative estimate of drug-likeness (QED) is 0.662. The van der Waals surface area contributed by atoms with Crippen molar-refractivity contribution in [3.8, 4) is 0 Å². The molecule has 1 atom stereocenters. The first kappa shape index (κ1) is 22.1. The van der Waals surface area contributed by atoms with Crippen molar-refractivity contribution >= 4 is 23.5 Å². The van der Waals surface area contributed by atoms with Crippen LogP contribution in [0.25, 0.3) is 0 Å². The highest BCUT2D eigenvalue weighted by Gasteiger charge is 2.19. The van der Waals surface area contributed by atoms with E-state index in [1.807, 2.05) is 52.0 Å². The summed E-state index contributed by atoms with van der Waals surface area (Å²) < 4.78 is 6.87. The summed E-state index contributed by atoms with van der Waals surface area (Å²) in [4.78, 5) is 36.2. The number of rotatable bonds is 8. The van der Waals surface area contributed by atoms with Gasteiger partial charge < -0.3 is 15.4 Å². The zero-order chi connectivity index (χ0) is 21.6. The third-order valence-electron chi connectivity index (χ3n) is 4.48. The van der Waals surface area contributed by atoms with Gasteiger partial charge in [0.05, 0.1) is 25.2 Å². The van der Waals surface area contributed by atoms with Crippen LogP contribution in [0.1, 0.15) is 35.9 Å². The third kappa shape index (κ3) is 6.44. The van der Waals surface area contributed by atoms with Gasteiger partial charge in [-0.15, -0.1) is 0 Å². The van der Waals surface area contributed by atoms with E-state index in [0.717, 1.165) is 28.2 Å². The molecule has 0 saturated heterocycles. The number of ether oxygens (including phenoxy) is 1. The third-order valence-corrected chi connectivity index (χ3v) is 4.48. The van der Waals surface area contributed by atoms with Crippen molar-refractivity contribution in [3.63, 3.8) is 0 Å². The van der Waals surface area contributed by atoms with Gasteiger partial charge in [0, 0.05) is 11.4 Å². The van der Waals surface area contributed by atoms with Gasteiger partial charge in [0.2, 0.25) is 5.91 Å². The summed E-state index contributed by atoms with van der Waals surface area (Å²) in [5.41, 5.74) is 4.44. The van der Waals surface area contributed by atoms with Crippen LogP contribution in [0, 0.1) is 27.7 Å². The van der Waals surface area contributed by atoms with E-state index < -0.39 is 18.0 Å². The zero-order valence-corrected chi connectivity index (χ0v) is 17.5. The van der Waals surface area contributed by atoms with E-state index in [1.165, 1.54) is 6.92 Å². The number of aromatic nitrogens is 2. The molecule has 1 aromatic carbocycles. The lowest BCUT2D eigenvalue weighted by Crippen LogP contribution is -2.40. The Kier molecular flexibility index (Phi) is 7.52. The number of carbonyl (C=O) groups excluding carboxylic acids is 3. The second-order valence-corrected chi connectivity index (χ2v) is 7.07.